The first kappa shape index (κ1) is 26.7. The molecule has 0 saturated carbocycles. The smallest absolute Gasteiger partial charge is 0.355 e. The molecule has 2 rings (SSSR count). The van der Waals surface area contributed by atoms with Gasteiger partial charge in [0.1, 0.15) is 0 Å². The van der Waals surface area contributed by atoms with Gasteiger partial charge in [-0.2, -0.15) is 17.5 Å². The molecule has 0 aromatic carbocycles. The molecule has 1 atom stereocenters. The summed E-state index contributed by atoms with van der Waals surface area (Å²) in [6.07, 6.45) is 3.01. The van der Waals surface area contributed by atoms with Crippen molar-refractivity contribution in [3.63, 3.8) is 0 Å². The number of piperidine rings is 2. The number of alkyl halides is 3. The second-order valence-corrected chi connectivity index (χ2v) is 9.72. The number of rotatable bonds is 5. The largest absolute Gasteiger partial charge is 0.511 e. The van der Waals surface area contributed by atoms with Crippen LogP contribution in [0.15, 0.2) is 4.99 Å². The van der Waals surface area contributed by atoms with Gasteiger partial charge >= 0.3 is 15.5 Å². The molecule has 0 bridgehead atoms. The topological polar surface area (TPSA) is 77.0 Å². The third-order valence-electron chi connectivity index (χ3n) is 5.66. The molecule has 0 spiro atoms. The minimum absolute atomic E-state index is 0. The van der Waals surface area contributed by atoms with Crippen molar-refractivity contribution in [3.8, 4) is 0 Å². The summed E-state index contributed by atoms with van der Waals surface area (Å²) in [6.45, 7) is 7.02. The van der Waals surface area contributed by atoms with E-state index in [4.69, 9.17) is 0 Å². The Morgan fingerprint density at radius 3 is 2.17 bits per heavy atom. The van der Waals surface area contributed by atoms with Crippen LogP contribution in [0.5, 0.6) is 0 Å². The quantitative estimate of drug-likeness (QED) is 0.309. The average molecular weight is 555 g/mol. The first-order valence-electron chi connectivity index (χ1n) is 9.82. The lowest BCUT2D eigenvalue weighted by molar-refractivity contribution is -0.0494. The highest BCUT2D eigenvalue weighted by atomic mass is 127. The molecule has 172 valence electrons. The van der Waals surface area contributed by atoms with E-state index >= 15 is 0 Å². The van der Waals surface area contributed by atoms with Gasteiger partial charge in [0, 0.05) is 38.8 Å². The van der Waals surface area contributed by atoms with Crippen LogP contribution in [0, 0.1) is 5.92 Å². The predicted octanol–water partition coefficient (Wildman–Crippen LogP) is 2.20. The van der Waals surface area contributed by atoms with Crippen LogP contribution >= 0.6 is 24.0 Å². The van der Waals surface area contributed by atoms with Crippen molar-refractivity contribution in [1.29, 1.82) is 0 Å². The fraction of sp³-hybridized carbons (Fsp3) is 0.941. The first-order chi connectivity index (χ1) is 13.0. The molecule has 2 aliphatic rings. The van der Waals surface area contributed by atoms with Gasteiger partial charge in [-0.3, -0.25) is 9.89 Å². The van der Waals surface area contributed by atoms with Gasteiger partial charge in [0.2, 0.25) is 0 Å². The second-order valence-electron chi connectivity index (χ2n) is 7.79. The Balaban J connectivity index is 0.00000420. The fourth-order valence-corrected chi connectivity index (χ4v) is 4.60. The summed E-state index contributed by atoms with van der Waals surface area (Å²) in [5.74, 6) is 1.37. The molecule has 0 amide bonds. The number of aliphatic imine (C=N–C) groups is 1. The van der Waals surface area contributed by atoms with Gasteiger partial charge < -0.3 is 10.6 Å². The molecule has 2 heterocycles. The van der Waals surface area contributed by atoms with Gasteiger partial charge in [-0.05, 0) is 51.6 Å². The van der Waals surface area contributed by atoms with E-state index in [2.05, 4.69) is 34.4 Å². The summed E-state index contributed by atoms with van der Waals surface area (Å²) in [5.41, 5.74) is -5.24. The molecule has 2 aliphatic heterocycles. The van der Waals surface area contributed by atoms with Gasteiger partial charge in [-0.1, -0.05) is 6.92 Å². The lowest BCUT2D eigenvalue weighted by atomic mass is 9.98. The van der Waals surface area contributed by atoms with Crippen LogP contribution in [0.4, 0.5) is 13.2 Å². The van der Waals surface area contributed by atoms with Gasteiger partial charge in [-0.25, -0.2) is 8.42 Å². The zero-order valence-electron chi connectivity index (χ0n) is 17.2. The van der Waals surface area contributed by atoms with Crippen LogP contribution in [-0.2, 0) is 10.0 Å². The number of guanidine groups is 1. The monoisotopic (exact) mass is 555 g/mol. The number of nitrogens with one attached hydrogen (secondary N) is 2. The van der Waals surface area contributed by atoms with E-state index in [1.807, 2.05) is 0 Å². The van der Waals surface area contributed by atoms with Gasteiger partial charge in [-0.15, -0.1) is 24.0 Å². The molecular weight excluding hydrogens is 522 g/mol. The summed E-state index contributed by atoms with van der Waals surface area (Å²) in [4.78, 5) is 6.63. The minimum atomic E-state index is -5.24. The van der Waals surface area contributed by atoms with Gasteiger partial charge in [0.15, 0.2) is 5.96 Å². The van der Waals surface area contributed by atoms with E-state index in [9.17, 15) is 21.6 Å². The number of hydrogen-bond donors (Lipinski definition) is 2. The summed E-state index contributed by atoms with van der Waals surface area (Å²) in [7, 11) is -3.60. The normalized spacial score (nSPS) is 22.8. The SMILES string of the molecule is CN=C(NCC(C)N1CCC(C)CC1)NC1CCN(S(=O)(=O)C(F)(F)F)CC1.I. The first-order valence-corrected chi connectivity index (χ1v) is 11.3. The molecule has 0 aliphatic carbocycles. The zero-order chi connectivity index (χ0) is 20.9. The van der Waals surface area contributed by atoms with Crippen LogP contribution in [-0.4, -0.2) is 80.9 Å². The number of hydrogen-bond acceptors (Lipinski definition) is 4. The van der Waals surface area contributed by atoms with E-state index in [-0.39, 0.29) is 43.1 Å². The Morgan fingerprint density at radius 2 is 1.69 bits per heavy atom. The Labute approximate surface area is 188 Å². The maximum atomic E-state index is 12.7. The number of sulfonamides is 1. The number of nitrogens with zero attached hydrogens (tertiary/aromatic N) is 3. The molecule has 2 saturated heterocycles. The molecule has 0 aromatic heterocycles. The van der Waals surface area contributed by atoms with Crippen molar-refractivity contribution < 1.29 is 21.6 Å². The Bertz CT molecular complexity index is 631. The lowest BCUT2D eigenvalue weighted by Crippen LogP contribution is -2.53. The van der Waals surface area contributed by atoms with Gasteiger partial charge in [0.25, 0.3) is 0 Å². The third-order valence-corrected chi connectivity index (χ3v) is 7.29. The number of likely N-dealkylation sites (tertiary alicyclic amines) is 1. The highest BCUT2D eigenvalue weighted by Gasteiger charge is 2.50. The van der Waals surface area contributed by atoms with Crippen molar-refractivity contribution >= 4 is 40.0 Å². The van der Waals surface area contributed by atoms with Crippen molar-refractivity contribution in [2.45, 2.75) is 57.1 Å². The summed E-state index contributed by atoms with van der Waals surface area (Å²) >= 11 is 0. The Morgan fingerprint density at radius 1 is 1.14 bits per heavy atom. The Kier molecular flexibility index (Phi) is 10.4. The molecular formula is C17H33F3IN5O2S. The summed E-state index contributed by atoms with van der Waals surface area (Å²) in [5, 5.41) is 6.48. The van der Waals surface area contributed by atoms with Crippen molar-refractivity contribution in [1.82, 2.24) is 19.8 Å². The fourth-order valence-electron chi connectivity index (χ4n) is 3.62. The Hall–Kier alpha value is -0.340. The van der Waals surface area contributed by atoms with Crippen molar-refractivity contribution in [3.05, 3.63) is 0 Å². The molecule has 1 unspecified atom stereocenters. The molecule has 2 fully saturated rings. The molecule has 0 radical (unpaired) electrons. The van der Waals surface area contributed by atoms with Crippen LogP contribution in [0.1, 0.15) is 39.5 Å². The third kappa shape index (κ3) is 7.39. The maximum Gasteiger partial charge on any atom is 0.511 e. The molecule has 12 heteroatoms. The van der Waals surface area contributed by atoms with E-state index < -0.39 is 15.5 Å². The summed E-state index contributed by atoms with van der Waals surface area (Å²) in [6, 6.07) is 0.238. The van der Waals surface area contributed by atoms with Gasteiger partial charge in [0.05, 0.1) is 0 Å². The van der Waals surface area contributed by atoms with Crippen LogP contribution in [0.3, 0.4) is 0 Å². The highest BCUT2D eigenvalue weighted by molar-refractivity contribution is 14.0. The highest BCUT2D eigenvalue weighted by Crippen LogP contribution is 2.28. The molecule has 29 heavy (non-hydrogen) atoms. The van der Waals surface area contributed by atoms with E-state index in [1.54, 1.807) is 7.05 Å². The second kappa shape index (κ2) is 11.3. The lowest BCUT2D eigenvalue weighted by Gasteiger charge is -2.36. The van der Waals surface area contributed by atoms with E-state index in [1.165, 1.54) is 12.8 Å². The van der Waals surface area contributed by atoms with Crippen LogP contribution in [0.2, 0.25) is 0 Å². The molecule has 7 nitrogen and oxygen atoms in total. The maximum absolute atomic E-state index is 12.7. The standard InChI is InChI=1S/C17H32F3N5O2S.HI/c1-13-4-8-24(9-5-13)14(2)12-22-16(21-3)23-15-6-10-25(11-7-15)28(26,27)17(18,19)20;/h13-15H,4-12H2,1-3H3,(H2,21,22,23);1H. The van der Waals surface area contributed by atoms with E-state index in [0.29, 0.717) is 29.1 Å². The molecule has 2 N–H and O–H groups in total. The minimum Gasteiger partial charge on any atom is -0.355 e. The van der Waals surface area contributed by atoms with Crippen LogP contribution < -0.4 is 10.6 Å². The molecule has 0 aromatic rings. The van der Waals surface area contributed by atoms with Crippen molar-refractivity contribution in [2.24, 2.45) is 10.9 Å². The zero-order valence-corrected chi connectivity index (χ0v) is 20.4. The summed E-state index contributed by atoms with van der Waals surface area (Å²) < 4.78 is 61.4. The number of halogens is 4. The average Bonchev–Trinajstić information content (AvgIpc) is 2.65. The van der Waals surface area contributed by atoms with Crippen LogP contribution in [0.25, 0.3) is 0 Å². The van der Waals surface area contributed by atoms with E-state index in [0.717, 1.165) is 25.6 Å². The predicted molar refractivity (Wildman–Crippen MR) is 119 cm³/mol. The van der Waals surface area contributed by atoms with Crippen molar-refractivity contribution in [2.75, 3.05) is 39.8 Å².